The fraction of sp³-hybridized carbons (Fsp3) is 0.300. The number of nitrogens with one attached hydrogen (secondary N) is 2. The van der Waals surface area contributed by atoms with Gasteiger partial charge in [-0.2, -0.15) is 0 Å². The first-order valence-electron chi connectivity index (χ1n) is 8.15. The molecule has 2 rings (SSSR count). The van der Waals surface area contributed by atoms with Crippen molar-refractivity contribution in [1.29, 1.82) is 0 Å². The van der Waals surface area contributed by atoms with Crippen LogP contribution in [0, 0.1) is 6.92 Å². The summed E-state index contributed by atoms with van der Waals surface area (Å²) < 4.78 is 0. The van der Waals surface area contributed by atoms with E-state index in [1.165, 1.54) is 0 Å². The van der Waals surface area contributed by atoms with Crippen molar-refractivity contribution in [3.8, 4) is 5.75 Å². The van der Waals surface area contributed by atoms with Gasteiger partial charge in [0.25, 0.3) is 5.91 Å². The SMILES string of the molecule is Cc1ccccc1C(=O)NCC(=O)Nc1cc(C(C)(C)C)ccc1O. The van der Waals surface area contributed by atoms with Crippen molar-refractivity contribution >= 4 is 17.5 Å². The number of rotatable bonds is 4. The third-order valence-electron chi connectivity index (χ3n) is 3.94. The number of amides is 2. The Balaban J connectivity index is 2.01. The van der Waals surface area contributed by atoms with E-state index in [1.807, 2.05) is 45.9 Å². The van der Waals surface area contributed by atoms with E-state index >= 15 is 0 Å². The van der Waals surface area contributed by atoms with Crippen LogP contribution in [0.15, 0.2) is 42.5 Å². The third-order valence-corrected chi connectivity index (χ3v) is 3.94. The molecule has 5 nitrogen and oxygen atoms in total. The molecule has 2 aromatic carbocycles. The molecule has 0 aromatic heterocycles. The molecule has 0 unspecified atom stereocenters. The molecular formula is C20H24N2O3. The summed E-state index contributed by atoms with van der Waals surface area (Å²) in [7, 11) is 0. The van der Waals surface area contributed by atoms with Gasteiger partial charge in [0.2, 0.25) is 5.91 Å². The summed E-state index contributed by atoms with van der Waals surface area (Å²) in [6.07, 6.45) is 0. The van der Waals surface area contributed by atoms with Crippen molar-refractivity contribution in [2.45, 2.75) is 33.1 Å². The number of hydrogen-bond donors (Lipinski definition) is 3. The largest absolute Gasteiger partial charge is 0.506 e. The Labute approximate surface area is 148 Å². The monoisotopic (exact) mass is 340 g/mol. The third kappa shape index (κ3) is 4.83. The minimum absolute atomic E-state index is 0.00780. The molecule has 3 N–H and O–H groups in total. The Hall–Kier alpha value is -2.82. The van der Waals surface area contributed by atoms with Gasteiger partial charge in [-0.15, -0.1) is 0 Å². The van der Waals surface area contributed by atoms with Gasteiger partial charge < -0.3 is 15.7 Å². The molecule has 2 aromatic rings. The summed E-state index contributed by atoms with van der Waals surface area (Å²) in [4.78, 5) is 24.2. The van der Waals surface area contributed by atoms with Gasteiger partial charge in [0, 0.05) is 5.56 Å². The zero-order valence-electron chi connectivity index (χ0n) is 15.0. The lowest BCUT2D eigenvalue weighted by Crippen LogP contribution is -2.33. The molecule has 0 spiro atoms. The maximum atomic E-state index is 12.1. The van der Waals surface area contributed by atoms with Crippen LogP contribution < -0.4 is 10.6 Å². The summed E-state index contributed by atoms with van der Waals surface area (Å²) in [5, 5.41) is 15.2. The van der Waals surface area contributed by atoms with E-state index in [2.05, 4.69) is 10.6 Å². The highest BCUT2D eigenvalue weighted by Crippen LogP contribution is 2.30. The van der Waals surface area contributed by atoms with Crippen LogP contribution in [0.4, 0.5) is 5.69 Å². The Kier molecular flexibility index (Phi) is 5.47. The van der Waals surface area contributed by atoms with Crippen LogP contribution in [0.2, 0.25) is 0 Å². The molecule has 5 heteroatoms. The van der Waals surface area contributed by atoms with Crippen LogP contribution >= 0.6 is 0 Å². The zero-order valence-corrected chi connectivity index (χ0v) is 15.0. The van der Waals surface area contributed by atoms with Crippen molar-refractivity contribution in [1.82, 2.24) is 5.32 Å². The molecular weight excluding hydrogens is 316 g/mol. The number of carbonyl (C=O) groups is 2. The quantitative estimate of drug-likeness (QED) is 0.747. The topological polar surface area (TPSA) is 78.4 Å². The molecule has 0 aliphatic rings. The number of aromatic hydroxyl groups is 1. The minimum Gasteiger partial charge on any atom is -0.506 e. The average molecular weight is 340 g/mol. The van der Waals surface area contributed by atoms with Crippen LogP contribution in [0.3, 0.4) is 0 Å². The lowest BCUT2D eigenvalue weighted by atomic mass is 9.87. The van der Waals surface area contributed by atoms with Gasteiger partial charge in [0.1, 0.15) is 5.75 Å². The fourth-order valence-electron chi connectivity index (χ4n) is 2.38. The van der Waals surface area contributed by atoms with E-state index in [9.17, 15) is 14.7 Å². The van der Waals surface area contributed by atoms with E-state index in [-0.39, 0.29) is 23.6 Å². The summed E-state index contributed by atoms with van der Waals surface area (Å²) >= 11 is 0. The summed E-state index contributed by atoms with van der Waals surface area (Å²) in [5.41, 5.74) is 2.60. The van der Waals surface area contributed by atoms with Gasteiger partial charge in [-0.05, 0) is 41.7 Å². The van der Waals surface area contributed by atoms with Crippen molar-refractivity contribution < 1.29 is 14.7 Å². The minimum atomic E-state index is -0.400. The number of anilines is 1. The molecule has 2 amide bonds. The van der Waals surface area contributed by atoms with Crippen LogP contribution in [0.5, 0.6) is 5.75 Å². The molecule has 25 heavy (non-hydrogen) atoms. The fourth-order valence-corrected chi connectivity index (χ4v) is 2.38. The second-order valence-electron chi connectivity index (χ2n) is 7.03. The highest BCUT2D eigenvalue weighted by molar-refractivity contribution is 6.00. The molecule has 0 heterocycles. The normalized spacial score (nSPS) is 11.0. The van der Waals surface area contributed by atoms with Gasteiger partial charge in [-0.1, -0.05) is 45.0 Å². The Bertz CT molecular complexity index is 792. The first kappa shape index (κ1) is 18.5. The first-order chi connectivity index (χ1) is 11.7. The highest BCUT2D eigenvalue weighted by atomic mass is 16.3. The zero-order chi connectivity index (χ0) is 18.6. The van der Waals surface area contributed by atoms with Gasteiger partial charge in [0.05, 0.1) is 12.2 Å². The number of phenols is 1. The van der Waals surface area contributed by atoms with E-state index in [4.69, 9.17) is 0 Å². The summed E-state index contributed by atoms with van der Waals surface area (Å²) in [6.45, 7) is 7.81. The van der Waals surface area contributed by atoms with E-state index in [1.54, 1.807) is 24.3 Å². The molecule has 0 atom stereocenters. The molecule has 0 saturated heterocycles. The van der Waals surface area contributed by atoms with Crippen molar-refractivity contribution in [2.24, 2.45) is 0 Å². The average Bonchev–Trinajstić information content (AvgIpc) is 2.54. The molecule has 0 aliphatic carbocycles. The number of carbonyl (C=O) groups excluding carboxylic acids is 2. The molecule has 0 saturated carbocycles. The first-order valence-corrected chi connectivity index (χ1v) is 8.15. The van der Waals surface area contributed by atoms with Crippen LogP contribution in [-0.4, -0.2) is 23.5 Å². The molecule has 0 radical (unpaired) electrons. The Morgan fingerprint density at radius 3 is 2.40 bits per heavy atom. The molecule has 132 valence electrons. The standard InChI is InChI=1S/C20H24N2O3/c1-13-7-5-6-8-15(13)19(25)21-12-18(24)22-16-11-14(20(2,3)4)9-10-17(16)23/h5-11,23H,12H2,1-4H3,(H,21,25)(H,22,24). The molecule has 0 aliphatic heterocycles. The second-order valence-corrected chi connectivity index (χ2v) is 7.03. The van der Waals surface area contributed by atoms with Gasteiger partial charge in [-0.25, -0.2) is 0 Å². The Morgan fingerprint density at radius 2 is 1.76 bits per heavy atom. The van der Waals surface area contributed by atoms with E-state index in [0.717, 1.165) is 11.1 Å². The predicted molar refractivity (Wildman–Crippen MR) is 98.9 cm³/mol. The molecule has 0 fully saturated rings. The van der Waals surface area contributed by atoms with Crippen molar-refractivity contribution in [2.75, 3.05) is 11.9 Å². The van der Waals surface area contributed by atoms with Crippen LogP contribution in [0.25, 0.3) is 0 Å². The lowest BCUT2D eigenvalue weighted by Gasteiger charge is -2.20. The number of benzene rings is 2. The van der Waals surface area contributed by atoms with Gasteiger partial charge >= 0.3 is 0 Å². The van der Waals surface area contributed by atoms with Crippen LogP contribution in [0.1, 0.15) is 42.3 Å². The summed E-state index contributed by atoms with van der Waals surface area (Å²) in [5.74, 6) is -0.712. The van der Waals surface area contributed by atoms with Crippen molar-refractivity contribution in [3.05, 3.63) is 59.2 Å². The number of phenolic OH excluding ortho intramolecular Hbond substituents is 1. The van der Waals surface area contributed by atoms with Gasteiger partial charge in [0.15, 0.2) is 0 Å². The van der Waals surface area contributed by atoms with E-state index in [0.29, 0.717) is 11.3 Å². The Morgan fingerprint density at radius 1 is 1.08 bits per heavy atom. The number of aryl methyl sites for hydroxylation is 1. The van der Waals surface area contributed by atoms with Gasteiger partial charge in [-0.3, -0.25) is 9.59 Å². The number of hydrogen-bond acceptors (Lipinski definition) is 3. The smallest absolute Gasteiger partial charge is 0.251 e. The van der Waals surface area contributed by atoms with E-state index < -0.39 is 5.91 Å². The maximum Gasteiger partial charge on any atom is 0.251 e. The lowest BCUT2D eigenvalue weighted by molar-refractivity contribution is -0.115. The predicted octanol–water partition coefficient (Wildman–Crippen LogP) is 3.37. The van der Waals surface area contributed by atoms with Crippen LogP contribution in [-0.2, 0) is 10.2 Å². The van der Waals surface area contributed by atoms with Crippen molar-refractivity contribution in [3.63, 3.8) is 0 Å². The molecule has 0 bridgehead atoms. The summed E-state index contributed by atoms with van der Waals surface area (Å²) in [6, 6.07) is 12.3. The maximum absolute atomic E-state index is 12.1. The second kappa shape index (κ2) is 7.38. The highest BCUT2D eigenvalue weighted by Gasteiger charge is 2.17.